The summed E-state index contributed by atoms with van der Waals surface area (Å²) in [6.45, 7) is 0. The first-order valence-electron chi connectivity index (χ1n) is 8.87. The van der Waals surface area contributed by atoms with Gasteiger partial charge in [0, 0.05) is 22.9 Å². The van der Waals surface area contributed by atoms with Crippen LogP contribution in [0.1, 0.15) is 15.9 Å². The van der Waals surface area contributed by atoms with Crippen LogP contribution >= 0.6 is 0 Å². The van der Waals surface area contributed by atoms with Crippen molar-refractivity contribution < 1.29 is 9.20 Å². The van der Waals surface area contributed by atoms with Gasteiger partial charge in [-0.05, 0) is 48.0 Å². The molecule has 0 radical (unpaired) electrons. The lowest BCUT2D eigenvalue weighted by Gasteiger charge is -2.01. The normalized spacial score (nSPS) is 11.2. The van der Waals surface area contributed by atoms with Crippen LogP contribution in [-0.4, -0.2) is 16.7 Å². The number of benzene rings is 2. The Morgan fingerprint density at radius 2 is 1.82 bits per heavy atom. The molecule has 0 fully saturated rings. The number of imidazole rings is 1. The van der Waals surface area contributed by atoms with Gasteiger partial charge in [0.25, 0.3) is 11.6 Å². The van der Waals surface area contributed by atoms with E-state index in [2.05, 4.69) is 31.8 Å². The molecule has 0 aliphatic rings. The Labute approximate surface area is 162 Å². The van der Waals surface area contributed by atoms with Gasteiger partial charge in [0.15, 0.2) is 5.69 Å². The second-order valence-electron chi connectivity index (χ2n) is 6.48. The van der Waals surface area contributed by atoms with E-state index >= 15 is 0 Å². The fourth-order valence-corrected chi connectivity index (χ4v) is 3.06. The minimum atomic E-state index is -0.277. The highest BCUT2D eigenvalue weighted by atomic mass is 16.2. The number of nitrogens with zero attached hydrogens (tertiary/aromatic N) is 3. The molecular weight excluding hydrogens is 350 g/mol. The van der Waals surface area contributed by atoms with E-state index in [9.17, 15) is 4.79 Å². The number of hydrogen-bond donors (Lipinski definition) is 2. The van der Waals surface area contributed by atoms with Crippen molar-refractivity contribution in [3.63, 3.8) is 0 Å². The molecular formula is C22H20N5O+. The van der Waals surface area contributed by atoms with Gasteiger partial charge in [0.1, 0.15) is 6.20 Å². The molecule has 0 saturated carbocycles. The van der Waals surface area contributed by atoms with Gasteiger partial charge in [-0.25, -0.2) is 14.4 Å². The highest BCUT2D eigenvalue weighted by molar-refractivity contribution is 5.95. The maximum atomic E-state index is 12.0. The first kappa shape index (κ1) is 17.5. The van der Waals surface area contributed by atoms with Crippen LogP contribution in [0.5, 0.6) is 0 Å². The average molecular weight is 370 g/mol. The van der Waals surface area contributed by atoms with E-state index in [0.29, 0.717) is 11.3 Å². The van der Waals surface area contributed by atoms with Gasteiger partial charge in [-0.2, -0.15) is 5.10 Å². The molecule has 0 aliphatic heterocycles. The Hall–Kier alpha value is -3.93. The Morgan fingerprint density at radius 1 is 1.07 bits per heavy atom. The SMILES string of the molecule is Cn1c(-c2ccc(/C=N\NC(=O)c3ccc(N)cc3)cc2)c[n+]2ccccc12. The summed E-state index contributed by atoms with van der Waals surface area (Å²) in [5.41, 5.74) is 13.5. The predicted molar refractivity (Wildman–Crippen MR) is 110 cm³/mol. The van der Waals surface area contributed by atoms with Gasteiger partial charge in [0.05, 0.1) is 19.5 Å². The molecule has 6 nitrogen and oxygen atoms in total. The van der Waals surface area contributed by atoms with Crippen LogP contribution in [0.15, 0.2) is 84.2 Å². The number of aryl methyl sites for hydroxylation is 1. The summed E-state index contributed by atoms with van der Waals surface area (Å²) < 4.78 is 4.24. The fourth-order valence-electron chi connectivity index (χ4n) is 3.06. The standard InChI is InChI=1S/C22H19N5O/c1-26-20(15-27-13-3-2-4-21(26)27)17-7-5-16(6-8-17)14-24-25-22(28)18-9-11-19(23)12-10-18/h2-15H,1H3,(H2-,23,25,28)/p+1/b24-14-. The lowest BCUT2D eigenvalue weighted by Crippen LogP contribution is -2.17. The largest absolute Gasteiger partial charge is 0.399 e. The van der Waals surface area contributed by atoms with Crippen LogP contribution in [0.2, 0.25) is 0 Å². The molecule has 2 aromatic heterocycles. The van der Waals surface area contributed by atoms with Crippen LogP contribution < -0.4 is 15.6 Å². The van der Waals surface area contributed by atoms with Crippen molar-refractivity contribution in [3.05, 3.63) is 90.3 Å². The van der Waals surface area contributed by atoms with Crippen LogP contribution in [0, 0.1) is 0 Å². The van der Waals surface area contributed by atoms with Gasteiger partial charge in [-0.3, -0.25) is 4.79 Å². The van der Waals surface area contributed by atoms with Gasteiger partial charge in [-0.15, -0.1) is 0 Å². The molecule has 0 unspecified atom stereocenters. The Kier molecular flexibility index (Phi) is 4.60. The lowest BCUT2D eigenvalue weighted by molar-refractivity contribution is -0.510. The third kappa shape index (κ3) is 3.48. The number of aromatic nitrogens is 2. The van der Waals surface area contributed by atoms with Crippen LogP contribution in [-0.2, 0) is 7.05 Å². The molecule has 0 spiro atoms. The van der Waals surface area contributed by atoms with Crippen molar-refractivity contribution in [2.75, 3.05) is 5.73 Å². The third-order valence-corrected chi connectivity index (χ3v) is 4.59. The summed E-state index contributed by atoms with van der Waals surface area (Å²) in [4.78, 5) is 12.0. The number of amides is 1. The molecule has 1 amide bonds. The van der Waals surface area contributed by atoms with Crippen LogP contribution in [0.25, 0.3) is 16.9 Å². The summed E-state index contributed by atoms with van der Waals surface area (Å²) in [6.07, 6.45) is 5.75. The van der Waals surface area contributed by atoms with E-state index in [4.69, 9.17) is 5.73 Å². The smallest absolute Gasteiger partial charge is 0.286 e. The van der Waals surface area contributed by atoms with Gasteiger partial charge in [0.2, 0.25) is 0 Å². The van der Waals surface area contributed by atoms with E-state index in [1.165, 1.54) is 0 Å². The van der Waals surface area contributed by atoms with E-state index in [-0.39, 0.29) is 5.91 Å². The van der Waals surface area contributed by atoms with Crippen molar-refractivity contribution in [2.45, 2.75) is 0 Å². The predicted octanol–water partition coefficient (Wildman–Crippen LogP) is 2.78. The van der Waals surface area contributed by atoms with E-state index < -0.39 is 0 Å². The molecule has 6 heteroatoms. The highest BCUT2D eigenvalue weighted by Crippen LogP contribution is 2.19. The molecule has 4 rings (SSSR count). The molecule has 2 aromatic carbocycles. The quantitative estimate of drug-likeness (QED) is 0.251. The topological polar surface area (TPSA) is 76.5 Å². The number of pyridine rings is 1. The summed E-state index contributed by atoms with van der Waals surface area (Å²) in [6, 6.07) is 20.8. The van der Waals surface area contributed by atoms with Gasteiger partial charge in [-0.1, -0.05) is 18.2 Å². The zero-order chi connectivity index (χ0) is 19.5. The first-order valence-corrected chi connectivity index (χ1v) is 8.87. The zero-order valence-corrected chi connectivity index (χ0v) is 15.4. The van der Waals surface area contributed by atoms with Crippen molar-refractivity contribution in [2.24, 2.45) is 12.1 Å². The number of hydrazone groups is 1. The number of nitrogens with two attached hydrogens (primary N) is 1. The van der Waals surface area contributed by atoms with Crippen molar-refractivity contribution in [1.29, 1.82) is 0 Å². The van der Waals surface area contributed by atoms with Crippen molar-refractivity contribution >= 4 is 23.5 Å². The highest BCUT2D eigenvalue weighted by Gasteiger charge is 2.14. The maximum absolute atomic E-state index is 12.0. The number of nitrogens with one attached hydrogen (secondary N) is 1. The number of carbonyl (C=O) groups excluding carboxylic acids is 1. The monoisotopic (exact) mass is 370 g/mol. The number of rotatable bonds is 4. The van der Waals surface area contributed by atoms with Crippen LogP contribution in [0.3, 0.4) is 0 Å². The van der Waals surface area contributed by atoms with Gasteiger partial charge >= 0.3 is 0 Å². The molecule has 2 heterocycles. The second kappa shape index (κ2) is 7.36. The Morgan fingerprint density at radius 3 is 2.54 bits per heavy atom. The first-order chi connectivity index (χ1) is 13.6. The summed E-state index contributed by atoms with van der Waals surface area (Å²) in [5, 5.41) is 4.03. The second-order valence-corrected chi connectivity index (χ2v) is 6.48. The summed E-state index contributed by atoms with van der Waals surface area (Å²) in [5.74, 6) is -0.277. The fraction of sp³-hybridized carbons (Fsp3) is 0.0455. The van der Waals surface area contributed by atoms with Crippen molar-refractivity contribution in [1.82, 2.24) is 9.99 Å². The third-order valence-electron chi connectivity index (χ3n) is 4.59. The summed E-state index contributed by atoms with van der Waals surface area (Å²) in [7, 11) is 2.05. The number of anilines is 1. The molecule has 3 N–H and O–H groups in total. The number of hydrogen-bond acceptors (Lipinski definition) is 3. The molecule has 28 heavy (non-hydrogen) atoms. The molecule has 4 aromatic rings. The number of fused-ring (bicyclic) bond motifs is 1. The summed E-state index contributed by atoms with van der Waals surface area (Å²) >= 11 is 0. The number of carbonyl (C=O) groups is 1. The molecule has 0 aliphatic carbocycles. The minimum absolute atomic E-state index is 0.277. The Bertz CT molecular complexity index is 1160. The maximum Gasteiger partial charge on any atom is 0.286 e. The molecule has 138 valence electrons. The lowest BCUT2D eigenvalue weighted by atomic mass is 10.1. The van der Waals surface area contributed by atoms with E-state index in [1.54, 1.807) is 30.5 Å². The molecule has 0 bridgehead atoms. The Balaban J connectivity index is 1.47. The van der Waals surface area contributed by atoms with Crippen molar-refractivity contribution in [3.8, 4) is 11.3 Å². The van der Waals surface area contributed by atoms with E-state index in [1.807, 2.05) is 49.6 Å². The number of nitrogen functional groups attached to an aromatic ring is 1. The molecule has 0 saturated heterocycles. The average Bonchev–Trinajstić information content (AvgIpc) is 3.06. The minimum Gasteiger partial charge on any atom is -0.399 e. The van der Waals surface area contributed by atoms with Gasteiger partial charge < -0.3 is 5.73 Å². The van der Waals surface area contributed by atoms with E-state index in [0.717, 1.165) is 22.5 Å². The zero-order valence-electron chi connectivity index (χ0n) is 15.4. The van der Waals surface area contributed by atoms with Crippen LogP contribution in [0.4, 0.5) is 5.69 Å². The molecule has 0 atom stereocenters.